The fraction of sp³-hybridized carbons (Fsp3) is 0.231. The summed E-state index contributed by atoms with van der Waals surface area (Å²) in [6, 6.07) is 6.84. The van der Waals surface area contributed by atoms with Crippen LogP contribution in [0.15, 0.2) is 39.8 Å². The van der Waals surface area contributed by atoms with E-state index in [9.17, 15) is 0 Å². The van der Waals surface area contributed by atoms with E-state index in [-0.39, 0.29) is 5.75 Å². The van der Waals surface area contributed by atoms with Gasteiger partial charge in [-0.3, -0.25) is 0 Å². The molecule has 0 spiro atoms. The van der Waals surface area contributed by atoms with E-state index in [0.29, 0.717) is 0 Å². The van der Waals surface area contributed by atoms with Crippen molar-refractivity contribution in [2.45, 2.75) is 20.4 Å². The van der Waals surface area contributed by atoms with Crippen molar-refractivity contribution in [1.82, 2.24) is 4.57 Å². The average Bonchev–Trinajstić information content (AvgIpc) is 2.72. The predicted molar refractivity (Wildman–Crippen MR) is 74.0 cm³/mol. The van der Waals surface area contributed by atoms with Gasteiger partial charge in [0.1, 0.15) is 5.75 Å². The van der Waals surface area contributed by atoms with Gasteiger partial charge in [0, 0.05) is 17.6 Å². The number of hydrogen-bond acceptors (Lipinski definition) is 4. The van der Waals surface area contributed by atoms with Gasteiger partial charge in [0.2, 0.25) is 4.80 Å². The second-order valence-corrected chi connectivity index (χ2v) is 4.68. The first kappa shape index (κ1) is 12.6. The van der Waals surface area contributed by atoms with Gasteiger partial charge in [-0.15, -0.1) is 16.4 Å². The monoisotopic (exact) mass is 261 g/mol. The third kappa shape index (κ3) is 2.87. The van der Waals surface area contributed by atoms with Crippen molar-refractivity contribution in [3.8, 4) is 5.75 Å². The topological polar surface area (TPSA) is 49.9 Å². The molecule has 0 radical (unpaired) electrons. The average molecular weight is 261 g/mol. The van der Waals surface area contributed by atoms with Gasteiger partial charge < -0.3 is 9.67 Å². The molecule has 18 heavy (non-hydrogen) atoms. The van der Waals surface area contributed by atoms with Gasteiger partial charge >= 0.3 is 0 Å². The highest BCUT2D eigenvalue weighted by atomic mass is 32.1. The molecule has 0 saturated carbocycles. The van der Waals surface area contributed by atoms with Crippen molar-refractivity contribution in [3.63, 3.8) is 0 Å². The lowest BCUT2D eigenvalue weighted by atomic mass is 10.2. The molecule has 0 aliphatic carbocycles. The van der Waals surface area contributed by atoms with E-state index in [2.05, 4.69) is 34.0 Å². The molecule has 1 heterocycles. The zero-order valence-electron chi connectivity index (χ0n) is 10.4. The largest absolute Gasteiger partial charge is 0.508 e. The highest BCUT2D eigenvalue weighted by Crippen LogP contribution is 2.07. The van der Waals surface area contributed by atoms with Gasteiger partial charge in [0.05, 0.1) is 6.21 Å². The number of aromatic hydroxyl groups is 1. The summed E-state index contributed by atoms with van der Waals surface area (Å²) in [6.45, 7) is 5.04. The first-order valence-corrected chi connectivity index (χ1v) is 6.59. The van der Waals surface area contributed by atoms with E-state index in [0.717, 1.165) is 16.9 Å². The van der Waals surface area contributed by atoms with Gasteiger partial charge in [-0.05, 0) is 43.7 Å². The normalized spacial score (nSPS) is 12.4. The van der Waals surface area contributed by atoms with E-state index in [1.807, 2.05) is 0 Å². The highest BCUT2D eigenvalue weighted by molar-refractivity contribution is 7.07. The molecule has 2 rings (SSSR count). The minimum absolute atomic E-state index is 0.252. The standard InChI is InChI=1S/C13H15N3OS/c1-3-16-10(2)9-18-13(16)15-14-8-11-4-6-12(17)7-5-11/h4-9,17H,3H2,1-2H3/b14-8+,15-13-. The molecule has 0 saturated heterocycles. The molecule has 1 aromatic heterocycles. The maximum Gasteiger partial charge on any atom is 0.210 e. The number of phenolic OH excluding ortho intramolecular Hbond substituents is 1. The molecule has 2 aromatic rings. The smallest absolute Gasteiger partial charge is 0.210 e. The van der Waals surface area contributed by atoms with Crippen LogP contribution in [0.1, 0.15) is 18.2 Å². The van der Waals surface area contributed by atoms with Crippen molar-refractivity contribution < 1.29 is 5.11 Å². The van der Waals surface area contributed by atoms with E-state index in [4.69, 9.17) is 5.11 Å². The molecular weight excluding hydrogens is 246 g/mol. The molecule has 5 heteroatoms. The summed E-state index contributed by atoms with van der Waals surface area (Å²) in [6.07, 6.45) is 1.68. The molecular formula is C13H15N3OS. The fourth-order valence-corrected chi connectivity index (χ4v) is 2.48. The summed E-state index contributed by atoms with van der Waals surface area (Å²) >= 11 is 1.58. The number of rotatable bonds is 3. The molecule has 1 N–H and O–H groups in total. The zero-order valence-corrected chi connectivity index (χ0v) is 11.2. The van der Waals surface area contributed by atoms with Crippen LogP contribution in [-0.4, -0.2) is 15.9 Å². The van der Waals surface area contributed by atoms with Crippen molar-refractivity contribution in [2.75, 3.05) is 0 Å². The van der Waals surface area contributed by atoms with E-state index < -0.39 is 0 Å². The van der Waals surface area contributed by atoms with Crippen molar-refractivity contribution in [1.29, 1.82) is 0 Å². The van der Waals surface area contributed by atoms with Crippen molar-refractivity contribution >= 4 is 17.6 Å². The van der Waals surface area contributed by atoms with Gasteiger partial charge in [-0.2, -0.15) is 5.10 Å². The Morgan fingerprint density at radius 3 is 2.72 bits per heavy atom. The number of aryl methyl sites for hydroxylation is 1. The fourth-order valence-electron chi connectivity index (χ4n) is 1.58. The Labute approximate surface area is 110 Å². The minimum Gasteiger partial charge on any atom is -0.508 e. The van der Waals surface area contributed by atoms with Crippen LogP contribution in [-0.2, 0) is 6.54 Å². The summed E-state index contributed by atoms with van der Waals surface area (Å²) in [7, 11) is 0. The summed E-state index contributed by atoms with van der Waals surface area (Å²) in [4.78, 5) is 0.894. The van der Waals surface area contributed by atoms with Crippen LogP contribution in [0.5, 0.6) is 5.75 Å². The van der Waals surface area contributed by atoms with Crippen LogP contribution < -0.4 is 4.80 Å². The van der Waals surface area contributed by atoms with Crippen LogP contribution >= 0.6 is 11.3 Å². The summed E-state index contributed by atoms with van der Waals surface area (Å²) < 4.78 is 2.11. The number of nitrogens with zero attached hydrogens (tertiary/aromatic N) is 3. The third-order valence-corrected chi connectivity index (χ3v) is 3.52. The second kappa shape index (κ2) is 5.64. The Hall–Kier alpha value is -1.88. The van der Waals surface area contributed by atoms with Gasteiger partial charge in [0.25, 0.3) is 0 Å². The quantitative estimate of drug-likeness (QED) is 0.670. The molecule has 0 aliphatic rings. The van der Waals surface area contributed by atoms with Crippen LogP contribution in [0.4, 0.5) is 0 Å². The summed E-state index contributed by atoms with van der Waals surface area (Å²) in [5, 5.41) is 19.5. The number of aromatic nitrogens is 1. The third-order valence-electron chi connectivity index (χ3n) is 2.55. The van der Waals surface area contributed by atoms with E-state index >= 15 is 0 Å². The molecule has 1 aromatic carbocycles. The molecule has 0 amide bonds. The maximum atomic E-state index is 9.16. The number of benzene rings is 1. The predicted octanol–water partition coefficient (Wildman–Crippen LogP) is 2.52. The molecule has 0 bridgehead atoms. The SMILES string of the molecule is CCn1c(C)cs/c1=N\N=C\c1ccc(O)cc1. The van der Waals surface area contributed by atoms with Crippen molar-refractivity contribution in [2.24, 2.45) is 10.2 Å². The van der Waals surface area contributed by atoms with E-state index in [1.54, 1.807) is 41.8 Å². The molecule has 0 atom stereocenters. The van der Waals surface area contributed by atoms with Crippen LogP contribution in [0.2, 0.25) is 0 Å². The van der Waals surface area contributed by atoms with Crippen LogP contribution in [0, 0.1) is 6.92 Å². The van der Waals surface area contributed by atoms with Gasteiger partial charge in [-0.1, -0.05) is 0 Å². The van der Waals surface area contributed by atoms with Crippen LogP contribution in [0.3, 0.4) is 0 Å². The Morgan fingerprint density at radius 1 is 1.33 bits per heavy atom. The Balaban J connectivity index is 2.22. The number of phenols is 1. The Kier molecular flexibility index (Phi) is 3.94. The first-order valence-electron chi connectivity index (χ1n) is 5.71. The van der Waals surface area contributed by atoms with Gasteiger partial charge in [0.15, 0.2) is 0 Å². The Bertz CT molecular complexity index is 608. The first-order chi connectivity index (χ1) is 8.70. The minimum atomic E-state index is 0.252. The second-order valence-electron chi connectivity index (χ2n) is 3.84. The zero-order chi connectivity index (χ0) is 13.0. The van der Waals surface area contributed by atoms with Crippen molar-refractivity contribution in [3.05, 3.63) is 45.7 Å². The van der Waals surface area contributed by atoms with Gasteiger partial charge in [-0.25, -0.2) is 0 Å². The molecule has 4 nitrogen and oxygen atoms in total. The molecule has 0 aliphatic heterocycles. The summed E-state index contributed by atoms with van der Waals surface area (Å²) in [5.41, 5.74) is 2.11. The molecule has 0 fully saturated rings. The number of hydrogen-bond donors (Lipinski definition) is 1. The highest BCUT2D eigenvalue weighted by Gasteiger charge is 1.96. The molecule has 94 valence electrons. The lowest BCUT2D eigenvalue weighted by Crippen LogP contribution is -2.14. The number of thiazole rings is 1. The molecule has 0 unspecified atom stereocenters. The lowest BCUT2D eigenvalue weighted by molar-refractivity contribution is 0.475. The summed E-state index contributed by atoms with van der Waals surface area (Å²) in [5.74, 6) is 0.252. The Morgan fingerprint density at radius 2 is 2.06 bits per heavy atom. The van der Waals surface area contributed by atoms with Crippen LogP contribution in [0.25, 0.3) is 0 Å². The lowest BCUT2D eigenvalue weighted by Gasteiger charge is -1.98. The maximum absolute atomic E-state index is 9.16. The van der Waals surface area contributed by atoms with E-state index in [1.165, 1.54) is 5.69 Å².